The van der Waals surface area contributed by atoms with Crippen LogP contribution < -0.4 is 10.4 Å². The molecule has 6 rings (SSSR count). The van der Waals surface area contributed by atoms with Crippen LogP contribution in [0.3, 0.4) is 0 Å². The van der Waals surface area contributed by atoms with Crippen LogP contribution in [-0.4, -0.2) is 17.5 Å². The van der Waals surface area contributed by atoms with Gasteiger partial charge in [-0.1, -0.05) is 38.8 Å². The number of carbonyl (C=O) groups excluding carboxylic acids is 3. The Hall–Kier alpha value is -3.43. The SMILES string of the molecule is C[C@]1(C(=O)c2ccc(F)cc2)[C@@H]2c3cc(Br)ccc3OC(=O)[C@]21C(=O)c1cc2cc(Br)ccc2oc1=O. The Labute approximate surface area is 225 Å². The van der Waals surface area contributed by atoms with Crippen molar-refractivity contribution in [3.63, 3.8) is 0 Å². The van der Waals surface area contributed by atoms with E-state index in [1.807, 2.05) is 0 Å². The van der Waals surface area contributed by atoms with Gasteiger partial charge in [0.2, 0.25) is 0 Å². The summed E-state index contributed by atoms with van der Waals surface area (Å²) in [4.78, 5) is 54.8. The minimum Gasteiger partial charge on any atom is -0.425 e. The highest BCUT2D eigenvalue weighted by atomic mass is 79.9. The maximum Gasteiger partial charge on any atom is 0.347 e. The van der Waals surface area contributed by atoms with Gasteiger partial charge >= 0.3 is 11.6 Å². The second kappa shape index (κ2) is 8.03. The van der Waals surface area contributed by atoms with Crippen LogP contribution in [0.15, 0.2) is 84.9 Å². The molecule has 2 heterocycles. The van der Waals surface area contributed by atoms with Gasteiger partial charge in [-0.3, -0.25) is 14.4 Å². The molecule has 0 amide bonds. The molecule has 1 aliphatic carbocycles. The highest BCUT2D eigenvalue weighted by Gasteiger charge is 2.87. The second-order valence-electron chi connectivity index (χ2n) is 9.31. The third kappa shape index (κ3) is 3.20. The molecular formula is C28H15Br2FO6. The van der Waals surface area contributed by atoms with Crippen LogP contribution in [0, 0.1) is 16.6 Å². The van der Waals surface area contributed by atoms with Crippen molar-refractivity contribution in [1.82, 2.24) is 0 Å². The van der Waals surface area contributed by atoms with Crippen molar-refractivity contribution >= 4 is 60.4 Å². The van der Waals surface area contributed by atoms with E-state index < -0.39 is 45.7 Å². The predicted octanol–water partition coefficient (Wildman–Crippen LogP) is 6.23. The Morgan fingerprint density at radius 1 is 0.892 bits per heavy atom. The van der Waals surface area contributed by atoms with E-state index in [0.717, 1.165) is 12.1 Å². The highest BCUT2D eigenvalue weighted by molar-refractivity contribution is 9.10. The van der Waals surface area contributed by atoms with Crippen molar-refractivity contribution < 1.29 is 27.9 Å². The van der Waals surface area contributed by atoms with Crippen LogP contribution in [0.25, 0.3) is 11.0 Å². The Morgan fingerprint density at radius 2 is 1.57 bits per heavy atom. The van der Waals surface area contributed by atoms with E-state index >= 15 is 0 Å². The normalized spacial score (nSPS) is 23.7. The third-order valence-corrected chi connectivity index (χ3v) is 8.42. The van der Waals surface area contributed by atoms with E-state index in [1.165, 1.54) is 25.1 Å². The zero-order chi connectivity index (χ0) is 26.3. The molecule has 1 fully saturated rings. The van der Waals surface area contributed by atoms with Gasteiger partial charge in [-0.2, -0.15) is 0 Å². The molecule has 0 N–H and O–H groups in total. The first-order valence-electron chi connectivity index (χ1n) is 11.2. The van der Waals surface area contributed by atoms with Crippen LogP contribution in [0.4, 0.5) is 4.39 Å². The number of fused-ring (bicyclic) bond motifs is 4. The lowest BCUT2D eigenvalue weighted by atomic mass is 9.82. The molecule has 3 atom stereocenters. The standard InChI is InChI=1S/C28H15Br2FO6/c1-27(23(32)13-2-6-17(31)7-3-13)22-18-12-16(30)5-9-21(18)37-26(35)28(22,27)24(33)19-11-14-10-15(29)4-8-20(14)36-25(19)34/h2-12,22H,1H3/t22-,27+,28+/m0/s1. The van der Waals surface area contributed by atoms with E-state index in [1.54, 1.807) is 36.4 Å². The monoisotopic (exact) mass is 624 g/mol. The number of rotatable bonds is 4. The van der Waals surface area contributed by atoms with Gasteiger partial charge in [-0.25, -0.2) is 9.18 Å². The number of Topliss-reactive ketones (excluding diaryl/α,β-unsaturated/α-hetero) is 2. The number of hydrogen-bond donors (Lipinski definition) is 0. The van der Waals surface area contributed by atoms with Crippen molar-refractivity contribution in [3.05, 3.63) is 109 Å². The number of hydrogen-bond acceptors (Lipinski definition) is 6. The van der Waals surface area contributed by atoms with E-state index in [4.69, 9.17) is 9.15 Å². The maximum absolute atomic E-state index is 14.2. The molecule has 37 heavy (non-hydrogen) atoms. The predicted molar refractivity (Wildman–Crippen MR) is 138 cm³/mol. The van der Waals surface area contributed by atoms with Gasteiger partial charge in [0.25, 0.3) is 0 Å². The van der Waals surface area contributed by atoms with Crippen LogP contribution >= 0.6 is 31.9 Å². The summed E-state index contributed by atoms with van der Waals surface area (Å²) in [6, 6.07) is 16.1. The van der Waals surface area contributed by atoms with Crippen LogP contribution in [0.5, 0.6) is 5.75 Å². The average molecular weight is 626 g/mol. The van der Waals surface area contributed by atoms with Gasteiger partial charge in [-0.15, -0.1) is 0 Å². The minimum absolute atomic E-state index is 0.129. The number of ketones is 2. The third-order valence-electron chi connectivity index (χ3n) is 7.43. The summed E-state index contributed by atoms with van der Waals surface area (Å²) in [5, 5.41) is 0.463. The van der Waals surface area contributed by atoms with Gasteiger partial charge in [0.15, 0.2) is 17.0 Å². The zero-order valence-electron chi connectivity index (χ0n) is 19.0. The smallest absolute Gasteiger partial charge is 0.347 e. The van der Waals surface area contributed by atoms with Gasteiger partial charge in [0.05, 0.1) is 5.41 Å². The molecule has 0 bridgehead atoms. The summed E-state index contributed by atoms with van der Waals surface area (Å²) in [7, 11) is 0. The molecule has 0 spiro atoms. The van der Waals surface area contributed by atoms with Gasteiger partial charge in [0.1, 0.15) is 22.7 Å². The molecule has 3 aromatic carbocycles. The van der Waals surface area contributed by atoms with Gasteiger partial charge in [0, 0.05) is 31.4 Å². The summed E-state index contributed by atoms with van der Waals surface area (Å²) in [5.74, 6) is -3.55. The molecule has 6 nitrogen and oxygen atoms in total. The van der Waals surface area contributed by atoms with Crippen molar-refractivity contribution in [2.45, 2.75) is 12.8 Å². The summed E-state index contributed by atoms with van der Waals surface area (Å²) >= 11 is 6.76. The Morgan fingerprint density at radius 3 is 2.30 bits per heavy atom. The molecule has 0 unspecified atom stereocenters. The highest BCUT2D eigenvalue weighted by Crippen LogP contribution is 2.79. The number of benzene rings is 3. The fourth-order valence-electron chi connectivity index (χ4n) is 5.65. The van der Waals surface area contributed by atoms with Crippen molar-refractivity contribution in [3.8, 4) is 5.75 Å². The molecule has 1 saturated carbocycles. The van der Waals surface area contributed by atoms with Crippen molar-refractivity contribution in [2.24, 2.45) is 10.8 Å². The van der Waals surface area contributed by atoms with E-state index in [2.05, 4.69) is 31.9 Å². The lowest BCUT2D eigenvalue weighted by Gasteiger charge is -2.22. The number of ether oxygens (including phenoxy) is 1. The van der Waals surface area contributed by atoms with Crippen molar-refractivity contribution in [2.75, 3.05) is 0 Å². The van der Waals surface area contributed by atoms with Crippen LogP contribution in [0.1, 0.15) is 39.1 Å². The maximum atomic E-state index is 14.2. The van der Waals surface area contributed by atoms with E-state index in [9.17, 15) is 23.6 Å². The van der Waals surface area contributed by atoms with Gasteiger partial charge in [-0.05, 0) is 66.7 Å². The Kier molecular flexibility index (Phi) is 5.20. The molecule has 0 radical (unpaired) electrons. The number of carbonyl (C=O) groups is 3. The molecule has 4 aromatic rings. The molecule has 2 aliphatic rings. The summed E-state index contributed by atoms with van der Waals surface area (Å²) in [6.45, 7) is 1.51. The Balaban J connectivity index is 1.59. The number of halogens is 3. The van der Waals surface area contributed by atoms with E-state index in [0.29, 0.717) is 19.9 Å². The fourth-order valence-corrected chi connectivity index (χ4v) is 6.40. The topological polar surface area (TPSA) is 90.7 Å². The molecule has 184 valence electrons. The first kappa shape index (κ1) is 23.9. The first-order valence-corrected chi connectivity index (χ1v) is 12.8. The van der Waals surface area contributed by atoms with Crippen LogP contribution in [0.2, 0.25) is 0 Å². The number of esters is 1. The fraction of sp³-hybridized carbons (Fsp3) is 0.143. The molecule has 0 saturated heterocycles. The van der Waals surface area contributed by atoms with E-state index in [-0.39, 0.29) is 22.5 Å². The van der Waals surface area contributed by atoms with Crippen molar-refractivity contribution in [1.29, 1.82) is 0 Å². The quantitative estimate of drug-likeness (QED) is 0.0878. The molecule has 9 heteroatoms. The minimum atomic E-state index is -2.01. The summed E-state index contributed by atoms with van der Waals surface area (Å²) in [6.07, 6.45) is 0. The lowest BCUT2D eigenvalue weighted by molar-refractivity contribution is -0.140. The van der Waals surface area contributed by atoms with Gasteiger partial charge < -0.3 is 9.15 Å². The summed E-state index contributed by atoms with van der Waals surface area (Å²) < 4.78 is 25.9. The zero-order valence-corrected chi connectivity index (χ0v) is 22.2. The molecule has 1 aliphatic heterocycles. The largest absolute Gasteiger partial charge is 0.425 e. The molecular weight excluding hydrogens is 611 g/mol. The lowest BCUT2D eigenvalue weighted by Crippen LogP contribution is -2.40. The Bertz CT molecular complexity index is 1740. The summed E-state index contributed by atoms with van der Waals surface area (Å²) in [5.41, 5.74) is -4.03. The molecule has 1 aromatic heterocycles. The van der Waals surface area contributed by atoms with Crippen LogP contribution in [-0.2, 0) is 4.79 Å². The first-order chi connectivity index (χ1) is 17.6. The second-order valence-corrected chi connectivity index (χ2v) is 11.1. The average Bonchev–Trinajstić information content (AvgIpc) is 3.47.